The van der Waals surface area contributed by atoms with Gasteiger partial charge in [0.05, 0.1) is 13.5 Å². The number of aromatic nitrogens is 2. The van der Waals surface area contributed by atoms with Crippen molar-refractivity contribution in [2.75, 3.05) is 12.9 Å². The van der Waals surface area contributed by atoms with Gasteiger partial charge in [0.1, 0.15) is 0 Å². The molecule has 1 aromatic heterocycles. The lowest BCUT2D eigenvalue weighted by molar-refractivity contribution is -0.139. The van der Waals surface area contributed by atoms with E-state index in [1.807, 2.05) is 0 Å². The third-order valence-electron chi connectivity index (χ3n) is 2.30. The molecule has 0 spiro atoms. The van der Waals surface area contributed by atoms with E-state index in [4.69, 9.17) is 0 Å². The number of esters is 1. The van der Waals surface area contributed by atoms with Crippen LogP contribution in [0.5, 0.6) is 0 Å². The smallest absolute Gasteiger partial charge is 0.310 e. The van der Waals surface area contributed by atoms with E-state index in [0.29, 0.717) is 22.3 Å². The first-order valence-electron chi connectivity index (χ1n) is 5.73. The van der Waals surface area contributed by atoms with Crippen molar-refractivity contribution in [2.45, 2.75) is 32.3 Å². The third-order valence-corrected chi connectivity index (χ3v) is 3.60. The number of hydrogen-bond donors (Lipinski definition) is 1. The average Bonchev–Trinajstić information content (AvgIpc) is 2.30. The number of aryl methyl sites for hydroxylation is 1. The monoisotopic (exact) mass is 270 g/mol. The van der Waals surface area contributed by atoms with Crippen LogP contribution in [0.1, 0.15) is 25.1 Å². The molecule has 0 radical (unpaired) electrons. The SMILES string of the molecule is COC(=O)Cc1c(C)nc(SCC(C)C)[nH]c1=O. The summed E-state index contributed by atoms with van der Waals surface area (Å²) < 4.78 is 4.55. The van der Waals surface area contributed by atoms with E-state index in [2.05, 4.69) is 28.6 Å². The zero-order valence-electron chi connectivity index (χ0n) is 11.1. The normalized spacial score (nSPS) is 10.7. The highest BCUT2D eigenvalue weighted by Crippen LogP contribution is 2.16. The van der Waals surface area contributed by atoms with Crippen LogP contribution in [0.25, 0.3) is 0 Å². The van der Waals surface area contributed by atoms with Gasteiger partial charge < -0.3 is 9.72 Å². The Hall–Kier alpha value is -1.30. The van der Waals surface area contributed by atoms with E-state index in [-0.39, 0.29) is 12.0 Å². The maximum Gasteiger partial charge on any atom is 0.310 e. The average molecular weight is 270 g/mol. The molecule has 0 aliphatic rings. The molecule has 1 N–H and O–H groups in total. The lowest BCUT2D eigenvalue weighted by Gasteiger charge is -2.07. The molecule has 0 bridgehead atoms. The lowest BCUT2D eigenvalue weighted by Crippen LogP contribution is -2.21. The number of nitrogens with one attached hydrogen (secondary N) is 1. The van der Waals surface area contributed by atoms with Crippen molar-refractivity contribution in [1.82, 2.24) is 9.97 Å². The molecule has 0 atom stereocenters. The van der Waals surface area contributed by atoms with Crippen molar-refractivity contribution < 1.29 is 9.53 Å². The number of carbonyl (C=O) groups excluding carboxylic acids is 1. The van der Waals surface area contributed by atoms with Gasteiger partial charge in [-0.3, -0.25) is 9.59 Å². The first-order chi connectivity index (χ1) is 8.43. The highest BCUT2D eigenvalue weighted by atomic mass is 32.2. The van der Waals surface area contributed by atoms with Gasteiger partial charge in [-0.15, -0.1) is 0 Å². The van der Waals surface area contributed by atoms with E-state index in [0.717, 1.165) is 5.75 Å². The second-order valence-corrected chi connectivity index (χ2v) is 5.40. The molecule has 6 heteroatoms. The number of rotatable bonds is 5. The summed E-state index contributed by atoms with van der Waals surface area (Å²) in [6.45, 7) is 5.93. The minimum atomic E-state index is -0.437. The van der Waals surface area contributed by atoms with E-state index >= 15 is 0 Å². The fraction of sp³-hybridized carbons (Fsp3) is 0.583. The molecule has 0 saturated carbocycles. The van der Waals surface area contributed by atoms with Gasteiger partial charge in [-0.2, -0.15) is 0 Å². The summed E-state index contributed by atoms with van der Waals surface area (Å²) in [5, 5.41) is 0.597. The first-order valence-corrected chi connectivity index (χ1v) is 6.72. The molecule has 5 nitrogen and oxygen atoms in total. The second-order valence-electron chi connectivity index (χ2n) is 4.39. The Morgan fingerprint density at radius 3 is 2.67 bits per heavy atom. The molecule has 0 aliphatic carbocycles. The standard InChI is InChI=1S/C12H18N2O3S/c1-7(2)6-18-12-13-8(3)9(11(16)14-12)5-10(15)17-4/h7H,5-6H2,1-4H3,(H,13,14,16). The van der Waals surface area contributed by atoms with Crippen LogP contribution < -0.4 is 5.56 Å². The van der Waals surface area contributed by atoms with Gasteiger partial charge in [0, 0.05) is 17.0 Å². The van der Waals surface area contributed by atoms with Gasteiger partial charge in [-0.1, -0.05) is 25.6 Å². The molecule has 0 saturated heterocycles. The van der Waals surface area contributed by atoms with Crippen LogP contribution in [0, 0.1) is 12.8 Å². The van der Waals surface area contributed by atoms with Crippen molar-refractivity contribution in [3.05, 3.63) is 21.6 Å². The molecule has 0 fully saturated rings. The maximum atomic E-state index is 11.8. The van der Waals surface area contributed by atoms with E-state index < -0.39 is 5.97 Å². The van der Waals surface area contributed by atoms with Crippen LogP contribution in [0.15, 0.2) is 9.95 Å². The van der Waals surface area contributed by atoms with Gasteiger partial charge in [-0.05, 0) is 12.8 Å². The van der Waals surface area contributed by atoms with Crippen LogP contribution in [-0.4, -0.2) is 28.8 Å². The van der Waals surface area contributed by atoms with Gasteiger partial charge in [-0.25, -0.2) is 4.98 Å². The van der Waals surface area contributed by atoms with E-state index in [1.165, 1.54) is 18.9 Å². The van der Waals surface area contributed by atoms with E-state index in [1.54, 1.807) is 6.92 Å². The molecule has 1 heterocycles. The van der Waals surface area contributed by atoms with Gasteiger partial charge in [0.25, 0.3) is 5.56 Å². The van der Waals surface area contributed by atoms with Crippen molar-refractivity contribution >= 4 is 17.7 Å². The van der Waals surface area contributed by atoms with Crippen LogP contribution >= 0.6 is 11.8 Å². The molecule has 0 amide bonds. The van der Waals surface area contributed by atoms with Gasteiger partial charge >= 0.3 is 5.97 Å². The van der Waals surface area contributed by atoms with Crippen molar-refractivity contribution in [3.63, 3.8) is 0 Å². The number of carbonyl (C=O) groups is 1. The van der Waals surface area contributed by atoms with E-state index in [9.17, 15) is 9.59 Å². The summed E-state index contributed by atoms with van der Waals surface area (Å²) in [5.41, 5.74) is 0.685. The maximum absolute atomic E-state index is 11.8. The Labute approximate surface area is 110 Å². The topological polar surface area (TPSA) is 72.0 Å². The zero-order valence-corrected chi connectivity index (χ0v) is 11.9. The number of H-pyrrole nitrogens is 1. The minimum absolute atomic E-state index is 0.0419. The van der Waals surface area contributed by atoms with Crippen LogP contribution in [0.4, 0.5) is 0 Å². The lowest BCUT2D eigenvalue weighted by atomic mass is 10.2. The zero-order chi connectivity index (χ0) is 13.7. The van der Waals surface area contributed by atoms with Crippen molar-refractivity contribution in [3.8, 4) is 0 Å². The van der Waals surface area contributed by atoms with Crippen LogP contribution in [0.2, 0.25) is 0 Å². The summed E-state index contributed by atoms with van der Waals surface area (Å²) in [4.78, 5) is 30.0. The van der Waals surface area contributed by atoms with Gasteiger partial charge in [0.2, 0.25) is 0 Å². The molecule has 100 valence electrons. The Kier molecular flexibility index (Phi) is 5.40. The summed E-state index contributed by atoms with van der Waals surface area (Å²) in [6.07, 6.45) is -0.0419. The second kappa shape index (κ2) is 6.58. The number of methoxy groups -OCH3 is 1. The summed E-state index contributed by atoms with van der Waals surface area (Å²) >= 11 is 1.51. The predicted molar refractivity (Wildman–Crippen MR) is 70.9 cm³/mol. The molecular weight excluding hydrogens is 252 g/mol. The first kappa shape index (κ1) is 14.8. The number of aromatic amines is 1. The minimum Gasteiger partial charge on any atom is -0.469 e. The highest BCUT2D eigenvalue weighted by molar-refractivity contribution is 7.99. The molecule has 1 aromatic rings. The van der Waals surface area contributed by atoms with Crippen molar-refractivity contribution in [1.29, 1.82) is 0 Å². The highest BCUT2D eigenvalue weighted by Gasteiger charge is 2.13. The summed E-state index contributed by atoms with van der Waals surface area (Å²) in [6, 6.07) is 0. The Morgan fingerprint density at radius 2 is 2.17 bits per heavy atom. The predicted octanol–water partition coefficient (Wildman–Crippen LogP) is 1.54. The molecule has 0 aromatic carbocycles. The summed E-state index contributed by atoms with van der Waals surface area (Å²) in [5.74, 6) is 0.974. The quantitative estimate of drug-likeness (QED) is 0.499. The molecule has 0 unspecified atom stereocenters. The Morgan fingerprint density at radius 1 is 1.50 bits per heavy atom. The van der Waals surface area contributed by atoms with Crippen LogP contribution in [0.3, 0.4) is 0 Å². The van der Waals surface area contributed by atoms with Crippen LogP contribution in [-0.2, 0) is 16.0 Å². The molecular formula is C12H18N2O3S. The molecule has 0 aliphatic heterocycles. The number of hydrogen-bond acceptors (Lipinski definition) is 5. The fourth-order valence-corrected chi connectivity index (χ4v) is 2.18. The Balaban J connectivity index is 2.91. The van der Waals surface area contributed by atoms with Gasteiger partial charge in [0.15, 0.2) is 5.16 Å². The Bertz CT molecular complexity index is 483. The number of thioether (sulfide) groups is 1. The largest absolute Gasteiger partial charge is 0.469 e. The molecule has 18 heavy (non-hydrogen) atoms. The number of ether oxygens (including phenoxy) is 1. The summed E-state index contributed by atoms with van der Waals surface area (Å²) in [7, 11) is 1.30. The number of nitrogens with zero attached hydrogens (tertiary/aromatic N) is 1. The van der Waals surface area contributed by atoms with Crippen molar-refractivity contribution in [2.24, 2.45) is 5.92 Å². The fourth-order valence-electron chi connectivity index (χ4n) is 1.32. The third kappa shape index (κ3) is 4.18. The molecule has 1 rings (SSSR count).